The number of amides is 2. The number of rotatable bonds is 2. The molecule has 6 nitrogen and oxygen atoms in total. The van der Waals surface area contributed by atoms with E-state index in [1.807, 2.05) is 24.3 Å². The monoisotopic (exact) mass is 305 g/mol. The van der Waals surface area contributed by atoms with Crippen LogP contribution in [0.5, 0.6) is 0 Å². The third-order valence-corrected chi connectivity index (χ3v) is 3.38. The summed E-state index contributed by atoms with van der Waals surface area (Å²) in [6, 6.07) is 7.78. The molecule has 7 heteroatoms. The van der Waals surface area contributed by atoms with Crippen LogP contribution in [0.1, 0.15) is 11.1 Å². The lowest BCUT2D eigenvalue weighted by atomic mass is 10.0. The maximum atomic E-state index is 11.6. The minimum absolute atomic E-state index is 0. The van der Waals surface area contributed by atoms with E-state index in [1.165, 1.54) is 6.33 Å². The van der Waals surface area contributed by atoms with Crippen molar-refractivity contribution in [1.29, 1.82) is 0 Å². The van der Waals surface area contributed by atoms with Gasteiger partial charge < -0.3 is 10.6 Å². The topological polar surface area (TPSA) is 84.1 Å². The Kier molecular flexibility index (Phi) is 4.40. The van der Waals surface area contributed by atoms with Crippen molar-refractivity contribution >= 4 is 24.3 Å². The average molecular weight is 306 g/mol. The lowest BCUT2D eigenvalue weighted by Gasteiger charge is -2.26. The van der Waals surface area contributed by atoms with Crippen molar-refractivity contribution in [2.75, 3.05) is 12.4 Å². The van der Waals surface area contributed by atoms with Gasteiger partial charge in [0.25, 0.3) is 0 Å². The summed E-state index contributed by atoms with van der Waals surface area (Å²) in [5.41, 5.74) is 9.43. The number of nitrogens with two attached hydrogens (primary N) is 1. The highest BCUT2D eigenvalue weighted by molar-refractivity contribution is 5.92. The van der Waals surface area contributed by atoms with Crippen molar-refractivity contribution in [3.05, 3.63) is 41.7 Å². The predicted octanol–water partition coefficient (Wildman–Crippen LogP) is 2.00. The Bertz CT molecular complexity index is 659. The van der Waals surface area contributed by atoms with Gasteiger partial charge in [0.2, 0.25) is 0 Å². The third-order valence-electron chi connectivity index (χ3n) is 3.38. The zero-order valence-corrected chi connectivity index (χ0v) is 12.4. The van der Waals surface area contributed by atoms with Crippen LogP contribution in [0.3, 0.4) is 0 Å². The Hall–Kier alpha value is -2.18. The summed E-state index contributed by atoms with van der Waals surface area (Å²) in [6.45, 7) is 1.01. The van der Waals surface area contributed by atoms with Gasteiger partial charge in [-0.1, -0.05) is 24.3 Å². The molecule has 0 saturated carbocycles. The van der Waals surface area contributed by atoms with E-state index in [4.69, 9.17) is 5.73 Å². The maximum Gasteiger partial charge on any atom is 0.323 e. The molecule has 21 heavy (non-hydrogen) atoms. The molecule has 0 spiro atoms. The largest absolute Gasteiger partial charge is 0.326 e. The molecule has 1 aromatic heterocycles. The lowest BCUT2D eigenvalue weighted by Crippen LogP contribution is -2.36. The molecule has 0 atom stereocenters. The van der Waals surface area contributed by atoms with Crippen LogP contribution in [0.2, 0.25) is 0 Å². The molecule has 1 aliphatic rings. The van der Waals surface area contributed by atoms with Crippen LogP contribution in [0.15, 0.2) is 30.6 Å². The molecule has 0 bridgehead atoms. The van der Waals surface area contributed by atoms with E-state index in [0.29, 0.717) is 18.9 Å². The summed E-state index contributed by atoms with van der Waals surface area (Å²) in [5, 5.41) is 2.76. The molecular weight excluding hydrogens is 290 g/mol. The number of hydrogen-bond donors (Lipinski definition) is 2. The third kappa shape index (κ3) is 2.81. The van der Waals surface area contributed by atoms with Gasteiger partial charge in [-0.25, -0.2) is 14.8 Å². The molecule has 1 aromatic carbocycles. The van der Waals surface area contributed by atoms with Gasteiger partial charge in [-0.2, -0.15) is 0 Å². The van der Waals surface area contributed by atoms with Gasteiger partial charge >= 0.3 is 6.03 Å². The standard InChI is InChI=1S/C14H15N5O.ClH/c1-19-7-11-12(10-4-2-9(6-15)3-5-10)16-8-17-13(11)18-14(19)20;/h2-5,8H,6-7,15H2,1H3,(H,16,17,18,20);1H. The van der Waals surface area contributed by atoms with Crippen molar-refractivity contribution in [1.82, 2.24) is 14.9 Å². The number of aromatic nitrogens is 2. The van der Waals surface area contributed by atoms with Gasteiger partial charge in [-0.15, -0.1) is 12.4 Å². The Morgan fingerprint density at radius 1 is 1.29 bits per heavy atom. The maximum absolute atomic E-state index is 11.6. The molecule has 110 valence electrons. The highest BCUT2D eigenvalue weighted by atomic mass is 35.5. The number of nitrogens with one attached hydrogen (secondary N) is 1. The Morgan fingerprint density at radius 3 is 2.67 bits per heavy atom. The quantitative estimate of drug-likeness (QED) is 0.889. The number of anilines is 1. The zero-order chi connectivity index (χ0) is 14.1. The number of fused-ring (bicyclic) bond motifs is 1. The fourth-order valence-electron chi connectivity index (χ4n) is 2.22. The number of carbonyl (C=O) groups is 1. The molecule has 1 aliphatic heterocycles. The summed E-state index contributed by atoms with van der Waals surface area (Å²) in [5.74, 6) is 0.584. The molecule has 2 amide bonds. The average Bonchev–Trinajstić information content (AvgIpc) is 2.48. The smallest absolute Gasteiger partial charge is 0.323 e. The summed E-state index contributed by atoms with van der Waals surface area (Å²) in [6.07, 6.45) is 1.47. The highest BCUT2D eigenvalue weighted by Crippen LogP contribution is 2.29. The van der Waals surface area contributed by atoms with E-state index in [1.54, 1.807) is 11.9 Å². The van der Waals surface area contributed by atoms with Crippen LogP contribution < -0.4 is 11.1 Å². The Morgan fingerprint density at radius 2 is 2.00 bits per heavy atom. The van der Waals surface area contributed by atoms with E-state index in [-0.39, 0.29) is 18.4 Å². The molecule has 0 fully saturated rings. The molecule has 0 radical (unpaired) electrons. The van der Waals surface area contributed by atoms with E-state index in [2.05, 4.69) is 15.3 Å². The Labute approximate surface area is 128 Å². The molecule has 3 N–H and O–H groups in total. The van der Waals surface area contributed by atoms with E-state index in [9.17, 15) is 4.79 Å². The number of nitrogens with zero attached hydrogens (tertiary/aromatic N) is 3. The first-order valence-corrected chi connectivity index (χ1v) is 6.34. The molecule has 2 aromatic rings. The summed E-state index contributed by atoms with van der Waals surface area (Å²) < 4.78 is 0. The number of hydrogen-bond acceptors (Lipinski definition) is 4. The second-order valence-corrected chi connectivity index (χ2v) is 4.74. The van der Waals surface area contributed by atoms with Gasteiger partial charge in [-0.05, 0) is 5.56 Å². The molecule has 0 unspecified atom stereocenters. The number of urea groups is 1. The van der Waals surface area contributed by atoms with Gasteiger partial charge in [-0.3, -0.25) is 5.32 Å². The van der Waals surface area contributed by atoms with Crippen LogP contribution in [-0.2, 0) is 13.1 Å². The minimum Gasteiger partial charge on any atom is -0.326 e. The van der Waals surface area contributed by atoms with Crippen LogP contribution in [0.25, 0.3) is 11.3 Å². The van der Waals surface area contributed by atoms with Crippen molar-refractivity contribution in [2.45, 2.75) is 13.1 Å². The molecule has 0 saturated heterocycles. The van der Waals surface area contributed by atoms with Crippen LogP contribution in [-0.4, -0.2) is 27.9 Å². The zero-order valence-electron chi connectivity index (χ0n) is 11.5. The van der Waals surface area contributed by atoms with Gasteiger partial charge in [0, 0.05) is 24.7 Å². The number of carbonyl (C=O) groups excluding carboxylic acids is 1. The molecule has 2 heterocycles. The second kappa shape index (κ2) is 6.07. The van der Waals surface area contributed by atoms with Crippen LogP contribution >= 0.6 is 12.4 Å². The SMILES string of the molecule is CN1Cc2c(ncnc2-c2ccc(CN)cc2)NC1=O.Cl. The Balaban J connectivity index is 0.00000161. The first kappa shape index (κ1) is 15.2. The van der Waals surface area contributed by atoms with Crippen molar-refractivity contribution in [3.63, 3.8) is 0 Å². The fraction of sp³-hybridized carbons (Fsp3) is 0.214. The fourth-order valence-corrected chi connectivity index (χ4v) is 2.22. The van der Waals surface area contributed by atoms with Crippen molar-refractivity contribution in [3.8, 4) is 11.3 Å². The second-order valence-electron chi connectivity index (χ2n) is 4.74. The van der Waals surface area contributed by atoms with Gasteiger partial charge in [0.1, 0.15) is 12.1 Å². The highest BCUT2D eigenvalue weighted by Gasteiger charge is 2.23. The van der Waals surface area contributed by atoms with E-state index >= 15 is 0 Å². The van der Waals surface area contributed by atoms with Crippen LogP contribution in [0.4, 0.5) is 10.6 Å². The lowest BCUT2D eigenvalue weighted by molar-refractivity contribution is 0.218. The normalized spacial score (nSPS) is 13.2. The summed E-state index contributed by atoms with van der Waals surface area (Å²) in [4.78, 5) is 21.7. The molecule has 3 rings (SSSR count). The minimum atomic E-state index is -0.152. The summed E-state index contributed by atoms with van der Waals surface area (Å²) in [7, 11) is 1.74. The van der Waals surface area contributed by atoms with E-state index < -0.39 is 0 Å². The summed E-state index contributed by atoms with van der Waals surface area (Å²) >= 11 is 0. The van der Waals surface area contributed by atoms with Gasteiger partial charge in [0.15, 0.2) is 0 Å². The van der Waals surface area contributed by atoms with Crippen molar-refractivity contribution < 1.29 is 4.79 Å². The number of benzene rings is 1. The molecular formula is C14H16ClN5O. The predicted molar refractivity (Wildman–Crippen MR) is 83.1 cm³/mol. The van der Waals surface area contributed by atoms with Crippen LogP contribution in [0, 0.1) is 0 Å². The number of halogens is 1. The first-order chi connectivity index (χ1) is 9.69. The van der Waals surface area contributed by atoms with E-state index in [0.717, 1.165) is 22.4 Å². The van der Waals surface area contributed by atoms with Crippen molar-refractivity contribution in [2.24, 2.45) is 5.73 Å². The van der Waals surface area contributed by atoms with Gasteiger partial charge in [0.05, 0.1) is 12.2 Å². The molecule has 0 aliphatic carbocycles. The first-order valence-electron chi connectivity index (χ1n) is 6.34.